The fourth-order valence-corrected chi connectivity index (χ4v) is 3.18. The summed E-state index contributed by atoms with van der Waals surface area (Å²) in [6.07, 6.45) is 3.42. The van der Waals surface area contributed by atoms with Gasteiger partial charge in [-0.1, -0.05) is 30.7 Å². The second-order valence-corrected chi connectivity index (χ2v) is 6.29. The molecule has 2 aliphatic heterocycles. The second kappa shape index (κ2) is 6.06. The minimum absolute atomic E-state index is 0.0588. The van der Waals surface area contributed by atoms with Crippen LogP contribution in [0.1, 0.15) is 25.3 Å². The number of fused-ring (bicyclic) bond motifs is 1. The van der Waals surface area contributed by atoms with E-state index in [0.29, 0.717) is 10.2 Å². The fraction of sp³-hybridized carbons (Fsp3) is 0.200. The van der Waals surface area contributed by atoms with Gasteiger partial charge in [-0.2, -0.15) is 15.1 Å². The zero-order valence-electron chi connectivity index (χ0n) is 11.8. The van der Waals surface area contributed by atoms with Crippen LogP contribution >= 0.6 is 23.4 Å². The number of rotatable bonds is 3. The van der Waals surface area contributed by atoms with Gasteiger partial charge in [0, 0.05) is 5.02 Å². The third kappa shape index (κ3) is 2.84. The Hall–Kier alpha value is -1.92. The number of hydrogen-bond donors (Lipinski definition) is 1. The van der Waals surface area contributed by atoms with Crippen molar-refractivity contribution in [3.05, 3.63) is 40.4 Å². The van der Waals surface area contributed by atoms with Gasteiger partial charge in [-0.15, -0.1) is 0 Å². The molecular formula is C15H13ClN4OS. The monoisotopic (exact) mass is 332 g/mol. The van der Waals surface area contributed by atoms with E-state index < -0.39 is 5.91 Å². The molecule has 112 valence electrons. The first-order valence-electron chi connectivity index (χ1n) is 6.83. The molecule has 1 amide bonds. The normalized spacial score (nSPS) is 19.4. The van der Waals surface area contributed by atoms with Crippen LogP contribution in [-0.4, -0.2) is 27.0 Å². The van der Waals surface area contributed by atoms with Crippen molar-refractivity contribution >= 4 is 51.4 Å². The van der Waals surface area contributed by atoms with Crippen LogP contribution in [0.3, 0.4) is 0 Å². The van der Waals surface area contributed by atoms with Crippen LogP contribution in [0.4, 0.5) is 0 Å². The minimum atomic E-state index is -0.411. The number of amidine groups is 2. The zero-order valence-corrected chi connectivity index (χ0v) is 13.4. The van der Waals surface area contributed by atoms with Crippen molar-refractivity contribution < 1.29 is 4.79 Å². The molecule has 0 unspecified atom stereocenters. The first kappa shape index (κ1) is 15.0. The summed E-state index contributed by atoms with van der Waals surface area (Å²) in [5.74, 6) is -0.352. The van der Waals surface area contributed by atoms with Gasteiger partial charge >= 0.3 is 0 Å². The number of thioether (sulfide) groups is 1. The summed E-state index contributed by atoms with van der Waals surface area (Å²) in [4.78, 5) is 16.2. The molecule has 0 atom stereocenters. The number of nitrogens with zero attached hydrogens (tertiary/aromatic N) is 3. The van der Waals surface area contributed by atoms with Crippen molar-refractivity contribution in [2.75, 3.05) is 0 Å². The highest BCUT2D eigenvalue weighted by molar-refractivity contribution is 8.26. The fourth-order valence-electron chi connectivity index (χ4n) is 2.07. The van der Waals surface area contributed by atoms with E-state index in [-0.39, 0.29) is 11.4 Å². The Labute approximate surface area is 137 Å². The van der Waals surface area contributed by atoms with Gasteiger partial charge < -0.3 is 0 Å². The number of halogens is 1. The molecule has 7 heteroatoms. The van der Waals surface area contributed by atoms with Gasteiger partial charge in [0.1, 0.15) is 5.04 Å². The van der Waals surface area contributed by atoms with Gasteiger partial charge in [-0.25, -0.2) is 0 Å². The third-order valence-corrected chi connectivity index (χ3v) is 4.36. The Balaban J connectivity index is 1.93. The molecule has 1 aromatic rings. The molecule has 0 radical (unpaired) electrons. The molecule has 2 heterocycles. The maximum atomic E-state index is 12.2. The highest BCUT2D eigenvalue weighted by atomic mass is 35.5. The Morgan fingerprint density at radius 2 is 2.09 bits per heavy atom. The number of hydrazone groups is 1. The Morgan fingerprint density at radius 3 is 2.77 bits per heavy atom. The molecule has 1 aromatic carbocycles. The minimum Gasteiger partial charge on any atom is -0.282 e. The summed E-state index contributed by atoms with van der Waals surface area (Å²) in [7, 11) is 0. The summed E-state index contributed by atoms with van der Waals surface area (Å²) in [6.45, 7) is 2.06. The van der Waals surface area contributed by atoms with E-state index in [1.165, 1.54) is 16.8 Å². The standard InChI is InChI=1S/C15H13ClN4OS/c1-2-3-12-19-20-13(17)11(14(21)18-15(20)22-12)8-9-4-6-10(16)7-5-9/h4-8,17H,2-3H2,1H3/b11-8-,17-13?. The van der Waals surface area contributed by atoms with Gasteiger partial charge in [0.05, 0.1) is 5.57 Å². The summed E-state index contributed by atoms with van der Waals surface area (Å²) < 4.78 is 0. The number of carbonyl (C=O) groups excluding carboxylic acids is 1. The quantitative estimate of drug-likeness (QED) is 0.857. The number of amides is 1. The van der Waals surface area contributed by atoms with E-state index in [1.54, 1.807) is 30.3 Å². The molecule has 0 saturated heterocycles. The predicted octanol–water partition coefficient (Wildman–Crippen LogP) is 3.76. The molecule has 5 nitrogen and oxygen atoms in total. The molecule has 0 bridgehead atoms. The van der Waals surface area contributed by atoms with E-state index in [9.17, 15) is 4.79 Å². The average molecular weight is 333 g/mol. The molecule has 0 aromatic heterocycles. The molecule has 2 aliphatic rings. The lowest BCUT2D eigenvalue weighted by Crippen LogP contribution is -2.35. The first-order valence-corrected chi connectivity index (χ1v) is 8.02. The summed E-state index contributed by atoms with van der Waals surface area (Å²) in [5, 5.41) is 16.0. The third-order valence-electron chi connectivity index (χ3n) is 3.14. The molecule has 0 aliphatic carbocycles. The lowest BCUT2D eigenvalue weighted by Gasteiger charge is -2.20. The Bertz CT molecular complexity index is 736. The largest absolute Gasteiger partial charge is 0.283 e. The van der Waals surface area contributed by atoms with Crippen molar-refractivity contribution in [3.63, 3.8) is 0 Å². The van der Waals surface area contributed by atoms with Crippen LogP contribution in [0.25, 0.3) is 6.08 Å². The van der Waals surface area contributed by atoms with E-state index in [4.69, 9.17) is 17.0 Å². The van der Waals surface area contributed by atoms with Crippen molar-refractivity contribution in [1.82, 2.24) is 5.01 Å². The molecule has 3 rings (SSSR count). The summed E-state index contributed by atoms with van der Waals surface area (Å²) in [6, 6.07) is 7.06. The second-order valence-electron chi connectivity index (χ2n) is 4.82. The number of nitrogens with one attached hydrogen (secondary N) is 1. The molecule has 0 spiro atoms. The lowest BCUT2D eigenvalue weighted by atomic mass is 10.1. The smallest absolute Gasteiger partial charge is 0.282 e. The van der Waals surface area contributed by atoms with Crippen molar-refractivity contribution in [2.45, 2.75) is 19.8 Å². The predicted molar refractivity (Wildman–Crippen MR) is 91.4 cm³/mol. The Morgan fingerprint density at radius 1 is 1.36 bits per heavy atom. The molecule has 0 saturated carbocycles. The van der Waals surface area contributed by atoms with Crippen LogP contribution in [0, 0.1) is 5.41 Å². The maximum Gasteiger partial charge on any atom is 0.283 e. The summed E-state index contributed by atoms with van der Waals surface area (Å²) in [5.41, 5.74) is 1.02. The van der Waals surface area contributed by atoms with Gasteiger partial charge in [0.25, 0.3) is 5.91 Å². The average Bonchev–Trinajstić information content (AvgIpc) is 2.88. The molecule has 22 heavy (non-hydrogen) atoms. The highest BCUT2D eigenvalue weighted by Gasteiger charge is 2.35. The SMILES string of the molecule is CCCC1=NN2C(=N)/C(=C/c3ccc(Cl)cc3)C(=O)N=C2S1. The topological polar surface area (TPSA) is 68.9 Å². The van der Waals surface area contributed by atoms with Gasteiger partial charge in [0.15, 0.2) is 5.84 Å². The number of carbonyl (C=O) groups is 1. The Kier molecular flexibility index (Phi) is 4.13. The van der Waals surface area contributed by atoms with Crippen molar-refractivity contribution in [2.24, 2.45) is 10.1 Å². The van der Waals surface area contributed by atoms with Crippen LogP contribution in [0.5, 0.6) is 0 Å². The zero-order chi connectivity index (χ0) is 15.7. The van der Waals surface area contributed by atoms with Gasteiger partial charge in [0.2, 0.25) is 5.17 Å². The van der Waals surface area contributed by atoms with Crippen molar-refractivity contribution in [3.8, 4) is 0 Å². The van der Waals surface area contributed by atoms with Crippen LogP contribution in [0.15, 0.2) is 39.9 Å². The maximum absolute atomic E-state index is 12.2. The van der Waals surface area contributed by atoms with Gasteiger partial charge in [-0.3, -0.25) is 10.2 Å². The molecule has 1 N–H and O–H groups in total. The lowest BCUT2D eigenvalue weighted by molar-refractivity contribution is -0.114. The van der Waals surface area contributed by atoms with E-state index in [1.807, 2.05) is 0 Å². The number of benzene rings is 1. The highest BCUT2D eigenvalue weighted by Crippen LogP contribution is 2.29. The summed E-state index contributed by atoms with van der Waals surface area (Å²) >= 11 is 7.21. The van der Waals surface area contributed by atoms with E-state index >= 15 is 0 Å². The molecular weight excluding hydrogens is 320 g/mol. The van der Waals surface area contributed by atoms with E-state index in [0.717, 1.165) is 23.4 Å². The van der Waals surface area contributed by atoms with Crippen molar-refractivity contribution in [1.29, 1.82) is 5.41 Å². The number of aliphatic imine (C=N–C) groups is 1. The number of hydrogen-bond acceptors (Lipinski definition) is 4. The van der Waals surface area contributed by atoms with Crippen LogP contribution < -0.4 is 0 Å². The molecule has 0 fully saturated rings. The first-order chi connectivity index (χ1) is 10.6. The van der Waals surface area contributed by atoms with Gasteiger partial charge in [-0.05, 0) is 48.4 Å². The van der Waals surface area contributed by atoms with Crippen LogP contribution in [-0.2, 0) is 4.79 Å². The van der Waals surface area contributed by atoms with Crippen LogP contribution in [0.2, 0.25) is 5.02 Å². The van der Waals surface area contributed by atoms with E-state index in [2.05, 4.69) is 17.0 Å².